The molecule has 2 heterocycles. The number of nitrogens with two attached hydrogens (primary N) is 1. The molecule has 0 bridgehead atoms. The molecule has 94 valence electrons. The molecule has 3 atom stereocenters. The molecule has 0 spiro atoms. The molecule has 9 heteroatoms. The van der Waals surface area contributed by atoms with Crippen LogP contribution in [-0.4, -0.2) is 55.3 Å². The van der Waals surface area contributed by atoms with E-state index in [1.165, 1.54) is 0 Å². The number of aromatic nitrogens is 3. The Bertz CT molecular complexity index is 477. The van der Waals surface area contributed by atoms with E-state index in [4.69, 9.17) is 15.6 Å². The van der Waals surface area contributed by atoms with Gasteiger partial charge in [0.25, 0.3) is 0 Å². The first-order valence-electron chi connectivity index (χ1n) is 4.84. The van der Waals surface area contributed by atoms with E-state index in [0.29, 0.717) is 4.57 Å². The van der Waals surface area contributed by atoms with E-state index < -0.39 is 30.2 Å². The minimum atomic E-state index is -2.10. The molecular weight excluding hydrogens is 232 g/mol. The maximum Gasteiger partial charge on any atom is 0.354 e. The van der Waals surface area contributed by atoms with Crippen LogP contribution in [0.2, 0.25) is 0 Å². The standard InChI is InChI=1S/C8H12N4O5/c9-6-10-3-12(7(15)11-6)8(16)4(14)2-17-5(8)1-13/h3-5,13-14,16H,1-2H2,(H2,9,11,15)/t4-,5+,8-/m0/s1. The van der Waals surface area contributed by atoms with Gasteiger partial charge in [0.15, 0.2) is 0 Å². The van der Waals surface area contributed by atoms with Crippen molar-refractivity contribution >= 4 is 5.95 Å². The van der Waals surface area contributed by atoms with Gasteiger partial charge in [0.05, 0.1) is 13.2 Å². The molecule has 0 amide bonds. The lowest BCUT2D eigenvalue weighted by atomic mass is 10.0. The molecule has 2 rings (SSSR count). The van der Waals surface area contributed by atoms with Crippen molar-refractivity contribution in [1.82, 2.24) is 14.5 Å². The van der Waals surface area contributed by atoms with Crippen LogP contribution in [0, 0.1) is 0 Å². The van der Waals surface area contributed by atoms with E-state index in [0.717, 1.165) is 6.33 Å². The molecule has 1 saturated heterocycles. The fraction of sp³-hybridized carbons (Fsp3) is 0.625. The Morgan fingerprint density at radius 3 is 3.00 bits per heavy atom. The van der Waals surface area contributed by atoms with Gasteiger partial charge >= 0.3 is 5.69 Å². The molecule has 1 aromatic heterocycles. The quantitative estimate of drug-likeness (QED) is 0.421. The van der Waals surface area contributed by atoms with Gasteiger partial charge in [0.2, 0.25) is 11.7 Å². The fourth-order valence-corrected chi connectivity index (χ4v) is 1.76. The molecule has 1 aliphatic rings. The van der Waals surface area contributed by atoms with Crippen LogP contribution in [0.1, 0.15) is 0 Å². The summed E-state index contributed by atoms with van der Waals surface area (Å²) in [5.41, 5.74) is 2.23. The number of nitrogen functional groups attached to an aromatic ring is 1. The first-order valence-corrected chi connectivity index (χ1v) is 4.84. The molecular formula is C8H12N4O5. The van der Waals surface area contributed by atoms with Gasteiger partial charge in [0, 0.05) is 0 Å². The van der Waals surface area contributed by atoms with Crippen LogP contribution in [0.15, 0.2) is 11.1 Å². The highest BCUT2D eigenvalue weighted by atomic mass is 16.6. The lowest BCUT2D eigenvalue weighted by Gasteiger charge is -2.30. The number of aliphatic hydroxyl groups excluding tert-OH is 2. The third-order valence-electron chi connectivity index (χ3n) is 2.69. The van der Waals surface area contributed by atoms with Crippen molar-refractivity contribution in [2.75, 3.05) is 18.9 Å². The van der Waals surface area contributed by atoms with Crippen molar-refractivity contribution in [1.29, 1.82) is 0 Å². The zero-order chi connectivity index (χ0) is 12.6. The smallest absolute Gasteiger partial charge is 0.354 e. The zero-order valence-electron chi connectivity index (χ0n) is 8.72. The molecule has 0 radical (unpaired) electrons. The second-order valence-corrected chi connectivity index (χ2v) is 3.67. The van der Waals surface area contributed by atoms with Gasteiger partial charge in [0.1, 0.15) is 18.5 Å². The van der Waals surface area contributed by atoms with Crippen LogP contribution in [-0.2, 0) is 10.5 Å². The van der Waals surface area contributed by atoms with Crippen LogP contribution in [0.3, 0.4) is 0 Å². The van der Waals surface area contributed by atoms with E-state index in [1.807, 2.05) is 0 Å². The molecule has 1 fully saturated rings. The van der Waals surface area contributed by atoms with Crippen molar-refractivity contribution in [3.8, 4) is 0 Å². The molecule has 0 aromatic carbocycles. The molecule has 5 N–H and O–H groups in total. The normalized spacial score (nSPS) is 32.9. The summed E-state index contributed by atoms with van der Waals surface area (Å²) in [6.07, 6.45) is -1.56. The summed E-state index contributed by atoms with van der Waals surface area (Å²) in [4.78, 5) is 18.4. The Morgan fingerprint density at radius 2 is 2.41 bits per heavy atom. The molecule has 0 aliphatic carbocycles. The predicted octanol–water partition coefficient (Wildman–Crippen LogP) is -3.38. The Labute approximate surface area is 95.1 Å². The van der Waals surface area contributed by atoms with E-state index in [2.05, 4.69) is 9.97 Å². The number of hydrogen-bond acceptors (Lipinski definition) is 8. The molecule has 17 heavy (non-hydrogen) atoms. The van der Waals surface area contributed by atoms with Crippen molar-refractivity contribution in [2.24, 2.45) is 0 Å². The third kappa shape index (κ3) is 1.69. The number of ether oxygens (including phenoxy) is 1. The number of rotatable bonds is 2. The average molecular weight is 244 g/mol. The molecule has 1 aliphatic heterocycles. The van der Waals surface area contributed by atoms with Gasteiger partial charge in [-0.1, -0.05) is 0 Å². The summed E-state index contributed by atoms with van der Waals surface area (Å²) in [6, 6.07) is 0. The van der Waals surface area contributed by atoms with Gasteiger partial charge in [-0.3, -0.25) is 0 Å². The van der Waals surface area contributed by atoms with E-state index in [9.17, 15) is 15.0 Å². The third-order valence-corrected chi connectivity index (χ3v) is 2.69. The van der Waals surface area contributed by atoms with Crippen molar-refractivity contribution in [2.45, 2.75) is 17.9 Å². The SMILES string of the molecule is Nc1ncn([C@]2(O)[C@@H](O)CO[C@@H]2CO)c(=O)n1. The second kappa shape index (κ2) is 4.04. The average Bonchev–Trinajstić information content (AvgIpc) is 2.56. The summed E-state index contributed by atoms with van der Waals surface area (Å²) in [5.74, 6) is -0.246. The van der Waals surface area contributed by atoms with Gasteiger partial charge in [-0.05, 0) is 0 Å². The predicted molar refractivity (Wildman–Crippen MR) is 53.7 cm³/mol. The zero-order valence-corrected chi connectivity index (χ0v) is 8.72. The Morgan fingerprint density at radius 1 is 1.71 bits per heavy atom. The van der Waals surface area contributed by atoms with Crippen LogP contribution in [0.25, 0.3) is 0 Å². The van der Waals surface area contributed by atoms with Gasteiger partial charge < -0.3 is 25.8 Å². The highest BCUT2D eigenvalue weighted by Crippen LogP contribution is 2.29. The van der Waals surface area contributed by atoms with Crippen LogP contribution >= 0.6 is 0 Å². The van der Waals surface area contributed by atoms with Gasteiger partial charge in [-0.15, -0.1) is 0 Å². The van der Waals surface area contributed by atoms with Crippen molar-refractivity contribution in [3.05, 3.63) is 16.8 Å². The van der Waals surface area contributed by atoms with Crippen molar-refractivity contribution < 1.29 is 20.1 Å². The van der Waals surface area contributed by atoms with Crippen LogP contribution < -0.4 is 11.4 Å². The van der Waals surface area contributed by atoms with Gasteiger partial charge in [-0.25, -0.2) is 14.3 Å². The van der Waals surface area contributed by atoms with Crippen molar-refractivity contribution in [3.63, 3.8) is 0 Å². The molecule has 9 nitrogen and oxygen atoms in total. The molecule has 0 unspecified atom stereocenters. The maximum absolute atomic E-state index is 11.6. The largest absolute Gasteiger partial charge is 0.393 e. The lowest BCUT2D eigenvalue weighted by Crippen LogP contribution is -2.55. The topological polar surface area (TPSA) is 144 Å². The Balaban J connectivity index is 2.53. The minimum Gasteiger partial charge on any atom is -0.393 e. The molecule has 0 saturated carbocycles. The number of nitrogens with zero attached hydrogens (tertiary/aromatic N) is 3. The Hall–Kier alpha value is -1.55. The monoisotopic (exact) mass is 244 g/mol. The number of aliphatic hydroxyl groups is 3. The first kappa shape index (κ1) is 11.9. The minimum absolute atomic E-state index is 0.210. The summed E-state index contributed by atoms with van der Waals surface area (Å²) in [7, 11) is 0. The summed E-state index contributed by atoms with van der Waals surface area (Å²) in [5, 5.41) is 29.0. The summed E-state index contributed by atoms with van der Waals surface area (Å²) in [6.45, 7) is -0.775. The van der Waals surface area contributed by atoms with E-state index >= 15 is 0 Å². The molecule has 1 aromatic rings. The van der Waals surface area contributed by atoms with Crippen LogP contribution in [0.5, 0.6) is 0 Å². The summed E-state index contributed by atoms with van der Waals surface area (Å²) >= 11 is 0. The van der Waals surface area contributed by atoms with Crippen LogP contribution in [0.4, 0.5) is 5.95 Å². The van der Waals surface area contributed by atoms with Gasteiger partial charge in [-0.2, -0.15) is 4.98 Å². The van der Waals surface area contributed by atoms with E-state index in [-0.39, 0.29) is 12.6 Å². The lowest BCUT2D eigenvalue weighted by molar-refractivity contribution is -0.153. The number of hydrogen-bond donors (Lipinski definition) is 4. The van der Waals surface area contributed by atoms with E-state index in [1.54, 1.807) is 0 Å². The highest BCUT2D eigenvalue weighted by molar-refractivity contribution is 5.11. The first-order chi connectivity index (χ1) is 8.00. The number of anilines is 1. The fourth-order valence-electron chi connectivity index (χ4n) is 1.76. The maximum atomic E-state index is 11.6. The summed E-state index contributed by atoms with van der Waals surface area (Å²) < 4.78 is 5.67. The highest BCUT2D eigenvalue weighted by Gasteiger charge is 2.52. The second-order valence-electron chi connectivity index (χ2n) is 3.67. The Kier molecular flexibility index (Phi) is 2.83.